The summed E-state index contributed by atoms with van der Waals surface area (Å²) in [4.78, 5) is 29.3. The Hall–Kier alpha value is -3.54. The summed E-state index contributed by atoms with van der Waals surface area (Å²) in [6.07, 6.45) is 1.55. The number of carbonyl (C=O) groups is 2. The van der Waals surface area contributed by atoms with Gasteiger partial charge < -0.3 is 19.3 Å². The zero-order valence-electron chi connectivity index (χ0n) is 18.3. The fourth-order valence-corrected chi connectivity index (χ4v) is 4.90. The van der Waals surface area contributed by atoms with Crippen LogP contribution in [0.25, 0.3) is 10.8 Å². The van der Waals surface area contributed by atoms with Crippen LogP contribution >= 0.6 is 0 Å². The molecule has 3 aromatic rings. The predicted octanol–water partition coefficient (Wildman–Crippen LogP) is 4.40. The number of ether oxygens (including phenoxy) is 2. The largest absolute Gasteiger partial charge is 0.497 e. The molecule has 5 rings (SSSR count). The highest BCUT2D eigenvalue weighted by Gasteiger charge is 2.32. The van der Waals surface area contributed by atoms with E-state index in [1.807, 2.05) is 41.3 Å². The first-order chi connectivity index (χ1) is 15.6. The van der Waals surface area contributed by atoms with E-state index in [4.69, 9.17) is 9.47 Å². The minimum Gasteiger partial charge on any atom is -0.497 e. The topological polar surface area (TPSA) is 59.1 Å². The van der Waals surface area contributed by atoms with Crippen LogP contribution < -0.4 is 14.5 Å². The number of amides is 1. The zero-order chi connectivity index (χ0) is 22.2. The van der Waals surface area contributed by atoms with E-state index < -0.39 is 0 Å². The van der Waals surface area contributed by atoms with Gasteiger partial charge >= 0.3 is 5.97 Å². The molecule has 0 saturated carbocycles. The lowest BCUT2D eigenvalue weighted by molar-refractivity contribution is -0.146. The molecule has 2 aliphatic rings. The van der Waals surface area contributed by atoms with Gasteiger partial charge in [0.1, 0.15) is 5.75 Å². The highest BCUT2D eigenvalue weighted by Crippen LogP contribution is 2.43. The smallest absolute Gasteiger partial charge is 0.308 e. The number of benzene rings is 3. The zero-order valence-corrected chi connectivity index (χ0v) is 18.3. The molecule has 2 aliphatic heterocycles. The fourth-order valence-electron chi connectivity index (χ4n) is 4.90. The molecular weight excluding hydrogens is 404 g/mol. The molecule has 0 aromatic heterocycles. The van der Waals surface area contributed by atoms with Gasteiger partial charge in [-0.25, -0.2) is 0 Å². The van der Waals surface area contributed by atoms with Crippen molar-refractivity contribution in [3.63, 3.8) is 0 Å². The van der Waals surface area contributed by atoms with Gasteiger partial charge in [-0.15, -0.1) is 0 Å². The van der Waals surface area contributed by atoms with E-state index in [2.05, 4.69) is 23.1 Å². The van der Waals surface area contributed by atoms with Crippen LogP contribution in [-0.4, -0.2) is 39.2 Å². The number of hydrogen-bond donors (Lipinski definition) is 0. The third-order valence-corrected chi connectivity index (χ3v) is 6.63. The molecule has 6 heteroatoms. The van der Waals surface area contributed by atoms with Gasteiger partial charge in [0, 0.05) is 35.1 Å². The minimum atomic E-state index is -0.121. The number of methoxy groups -OCH3 is 2. The van der Waals surface area contributed by atoms with Crippen molar-refractivity contribution in [3.05, 3.63) is 65.7 Å². The minimum absolute atomic E-state index is 0.0305. The summed E-state index contributed by atoms with van der Waals surface area (Å²) in [7, 11) is 3.10. The summed E-state index contributed by atoms with van der Waals surface area (Å²) in [5.74, 6) is 0.676. The Kier molecular flexibility index (Phi) is 5.21. The van der Waals surface area contributed by atoms with Crippen LogP contribution in [0, 0.1) is 5.92 Å². The standard InChI is InChI=1S/C26H26N2O4/c1-31-19-8-6-17(7-9-19)16-28-23-11-10-22(20-4-3-5-21(24(20)23)25(28)29)27-14-12-18(13-15-27)26(30)32-2/h3-11,18H,12-16H2,1-2H3. The molecule has 0 radical (unpaired) electrons. The van der Waals surface area contributed by atoms with Crippen LogP contribution in [-0.2, 0) is 16.1 Å². The van der Waals surface area contributed by atoms with Crippen LogP contribution in [0.1, 0.15) is 28.8 Å². The van der Waals surface area contributed by atoms with Crippen LogP contribution in [0.3, 0.4) is 0 Å². The molecule has 0 bridgehead atoms. The Morgan fingerprint density at radius 1 is 0.969 bits per heavy atom. The highest BCUT2D eigenvalue weighted by molar-refractivity contribution is 6.26. The first-order valence-electron chi connectivity index (χ1n) is 10.9. The van der Waals surface area contributed by atoms with Crippen molar-refractivity contribution >= 4 is 34.0 Å². The number of rotatable bonds is 5. The van der Waals surface area contributed by atoms with E-state index in [0.717, 1.165) is 65.0 Å². The number of nitrogens with zero attached hydrogens (tertiary/aromatic N) is 2. The van der Waals surface area contributed by atoms with Gasteiger partial charge in [0.05, 0.1) is 32.4 Å². The van der Waals surface area contributed by atoms with Crippen LogP contribution in [0.4, 0.5) is 11.4 Å². The second-order valence-electron chi connectivity index (χ2n) is 8.36. The average Bonchev–Trinajstić information content (AvgIpc) is 3.12. The lowest BCUT2D eigenvalue weighted by atomic mass is 9.95. The van der Waals surface area contributed by atoms with Gasteiger partial charge in [0.15, 0.2) is 0 Å². The van der Waals surface area contributed by atoms with E-state index in [-0.39, 0.29) is 17.8 Å². The van der Waals surface area contributed by atoms with Crippen LogP contribution in [0.15, 0.2) is 54.6 Å². The normalized spacial score (nSPS) is 16.0. The summed E-state index contributed by atoms with van der Waals surface area (Å²) in [5.41, 5.74) is 3.86. The van der Waals surface area contributed by atoms with Gasteiger partial charge in [-0.1, -0.05) is 24.3 Å². The molecule has 0 aliphatic carbocycles. The highest BCUT2D eigenvalue weighted by atomic mass is 16.5. The monoisotopic (exact) mass is 430 g/mol. The molecule has 32 heavy (non-hydrogen) atoms. The molecule has 0 unspecified atom stereocenters. The average molecular weight is 431 g/mol. The molecule has 0 N–H and O–H groups in total. The number of anilines is 2. The van der Waals surface area contributed by atoms with Gasteiger partial charge in [-0.3, -0.25) is 9.59 Å². The summed E-state index contributed by atoms with van der Waals surface area (Å²) >= 11 is 0. The van der Waals surface area contributed by atoms with Gasteiger partial charge in [0.25, 0.3) is 5.91 Å². The SMILES string of the molecule is COC(=O)C1CCN(c2ccc3c4c(cccc24)C(=O)N3Cc2ccc(OC)cc2)CC1. The lowest BCUT2D eigenvalue weighted by Crippen LogP contribution is -2.36. The van der Waals surface area contributed by atoms with Crippen molar-refractivity contribution in [3.8, 4) is 5.75 Å². The van der Waals surface area contributed by atoms with E-state index >= 15 is 0 Å². The van der Waals surface area contributed by atoms with E-state index in [0.29, 0.717) is 6.54 Å². The van der Waals surface area contributed by atoms with Gasteiger partial charge in [0.2, 0.25) is 0 Å². The van der Waals surface area contributed by atoms with Gasteiger partial charge in [-0.2, -0.15) is 0 Å². The van der Waals surface area contributed by atoms with Crippen molar-refractivity contribution in [2.75, 3.05) is 37.1 Å². The third kappa shape index (κ3) is 3.36. The summed E-state index contributed by atoms with van der Waals surface area (Å²) in [6.45, 7) is 2.10. The van der Waals surface area contributed by atoms with E-state index in [1.54, 1.807) is 7.11 Å². The molecule has 3 aromatic carbocycles. The summed E-state index contributed by atoms with van der Waals surface area (Å²) in [6, 6.07) is 17.9. The Morgan fingerprint density at radius 2 is 1.69 bits per heavy atom. The first kappa shape index (κ1) is 20.4. The van der Waals surface area contributed by atoms with Gasteiger partial charge in [-0.05, 0) is 48.7 Å². The quantitative estimate of drug-likeness (QED) is 0.562. The third-order valence-electron chi connectivity index (χ3n) is 6.63. The maximum atomic E-state index is 13.3. The molecule has 164 valence electrons. The number of piperidine rings is 1. The second kappa shape index (κ2) is 8.19. The lowest BCUT2D eigenvalue weighted by Gasteiger charge is -2.33. The molecule has 0 atom stereocenters. The molecular formula is C26H26N2O4. The molecule has 6 nitrogen and oxygen atoms in total. The molecule has 1 fully saturated rings. The predicted molar refractivity (Wildman–Crippen MR) is 124 cm³/mol. The second-order valence-corrected chi connectivity index (χ2v) is 8.36. The van der Waals surface area contributed by atoms with Crippen LogP contribution in [0.5, 0.6) is 5.75 Å². The molecule has 0 spiro atoms. The van der Waals surface area contributed by atoms with E-state index in [1.165, 1.54) is 7.11 Å². The van der Waals surface area contributed by atoms with Crippen molar-refractivity contribution in [2.24, 2.45) is 5.92 Å². The van der Waals surface area contributed by atoms with Crippen molar-refractivity contribution in [1.82, 2.24) is 0 Å². The molecule has 2 heterocycles. The maximum absolute atomic E-state index is 13.3. The summed E-state index contributed by atoms with van der Waals surface area (Å²) in [5, 5.41) is 2.10. The maximum Gasteiger partial charge on any atom is 0.308 e. The Labute approximate surface area is 187 Å². The van der Waals surface area contributed by atoms with E-state index in [9.17, 15) is 9.59 Å². The van der Waals surface area contributed by atoms with Crippen LogP contribution in [0.2, 0.25) is 0 Å². The fraction of sp³-hybridized carbons (Fsp3) is 0.308. The number of esters is 1. The van der Waals surface area contributed by atoms with Crippen molar-refractivity contribution < 1.29 is 19.1 Å². The van der Waals surface area contributed by atoms with Crippen molar-refractivity contribution in [2.45, 2.75) is 19.4 Å². The number of carbonyl (C=O) groups excluding carboxylic acids is 2. The Morgan fingerprint density at radius 3 is 2.38 bits per heavy atom. The Balaban J connectivity index is 1.45. The number of hydrogen-bond acceptors (Lipinski definition) is 5. The molecule has 1 saturated heterocycles. The Bertz CT molecular complexity index is 1180. The first-order valence-corrected chi connectivity index (χ1v) is 10.9. The molecule has 1 amide bonds. The summed E-state index contributed by atoms with van der Waals surface area (Å²) < 4.78 is 10.2. The van der Waals surface area contributed by atoms with Crippen molar-refractivity contribution in [1.29, 1.82) is 0 Å².